The standard InChI is InChI=1S/C32H47ClN2O5Si/c1-20-13-11-12-14-23-18-25(39-34-23)21(2)30-32(6,38-30)27(40-41(9,10)31(3,4)5)19-28(36)35(7)24-16-22(15-20)17-26(37-8)29(24)33/h11-13,16-17,21,25,27,30H,14-15,18-19H2,1-10H3/b12-11+,20-13+/t21-,25+,27+,30+,32+/m1/s1. The van der Waals surface area contributed by atoms with Crippen molar-refractivity contribution in [3.63, 3.8) is 0 Å². The molecule has 0 spiro atoms. The van der Waals surface area contributed by atoms with E-state index in [0.717, 1.165) is 24.1 Å². The Kier molecular flexibility index (Phi) is 9.20. The van der Waals surface area contributed by atoms with E-state index in [1.54, 1.807) is 19.1 Å². The van der Waals surface area contributed by atoms with Gasteiger partial charge in [0.2, 0.25) is 5.91 Å². The molecule has 226 valence electrons. The van der Waals surface area contributed by atoms with E-state index in [1.807, 2.05) is 12.1 Å². The Bertz CT molecular complexity index is 1250. The Labute approximate surface area is 252 Å². The molecule has 0 radical (unpaired) electrons. The molecule has 3 aliphatic heterocycles. The molecular formula is C32H47ClN2O5Si. The summed E-state index contributed by atoms with van der Waals surface area (Å²) >= 11 is 6.77. The number of carbonyl (C=O) groups is 1. The molecule has 0 aliphatic carbocycles. The number of hydrogen-bond acceptors (Lipinski definition) is 6. The molecule has 4 bridgehead atoms. The van der Waals surface area contributed by atoms with E-state index in [9.17, 15) is 4.79 Å². The Morgan fingerprint density at radius 3 is 2.59 bits per heavy atom. The quantitative estimate of drug-likeness (QED) is 0.265. The fraction of sp³-hybridized carbons (Fsp3) is 0.625. The van der Waals surface area contributed by atoms with Crippen LogP contribution >= 0.6 is 11.6 Å². The van der Waals surface area contributed by atoms with Crippen LogP contribution in [-0.4, -0.2) is 58.0 Å². The van der Waals surface area contributed by atoms with Gasteiger partial charge in [-0.05, 0) is 56.1 Å². The van der Waals surface area contributed by atoms with Crippen LogP contribution in [0.3, 0.4) is 0 Å². The highest BCUT2D eigenvalue weighted by atomic mass is 35.5. The molecule has 3 aliphatic rings. The number of carbonyl (C=O) groups excluding carboxylic acids is 1. The van der Waals surface area contributed by atoms with E-state index in [2.05, 4.69) is 78.0 Å². The summed E-state index contributed by atoms with van der Waals surface area (Å²) in [6.45, 7) is 17.4. The van der Waals surface area contributed by atoms with E-state index in [0.29, 0.717) is 22.9 Å². The lowest BCUT2D eigenvalue weighted by atomic mass is 9.86. The summed E-state index contributed by atoms with van der Waals surface area (Å²) < 4.78 is 19.0. The number of rotatable bonds is 3. The van der Waals surface area contributed by atoms with Gasteiger partial charge in [-0.25, -0.2) is 0 Å². The van der Waals surface area contributed by atoms with Crippen molar-refractivity contribution in [3.05, 3.63) is 46.5 Å². The summed E-state index contributed by atoms with van der Waals surface area (Å²) in [5.41, 5.74) is 3.21. The normalized spacial score (nSPS) is 31.5. The zero-order valence-electron chi connectivity index (χ0n) is 26.3. The SMILES string of the molecule is COc1cc2cc(c1Cl)N(C)C(=O)C[C@H](O[Si](C)(C)C(C)(C)C)[C@]1(C)O[C@H]1[C@H](C)[C@@H]1CC(=NO1)C/C=C/C=C(\C)C2. The lowest BCUT2D eigenvalue weighted by Gasteiger charge is -2.41. The smallest absolute Gasteiger partial charge is 0.229 e. The summed E-state index contributed by atoms with van der Waals surface area (Å²) in [6, 6.07) is 3.92. The van der Waals surface area contributed by atoms with Gasteiger partial charge >= 0.3 is 0 Å². The fourth-order valence-electron chi connectivity index (χ4n) is 5.45. The number of oxime groups is 1. The molecule has 0 saturated carbocycles. The molecule has 1 saturated heterocycles. The highest BCUT2D eigenvalue weighted by Crippen LogP contribution is 2.51. The molecule has 1 fully saturated rings. The zero-order chi connectivity index (χ0) is 30.3. The van der Waals surface area contributed by atoms with Gasteiger partial charge in [0.25, 0.3) is 0 Å². The van der Waals surface area contributed by atoms with Crippen LogP contribution in [-0.2, 0) is 25.2 Å². The van der Waals surface area contributed by atoms with Crippen molar-refractivity contribution in [2.24, 2.45) is 11.1 Å². The minimum atomic E-state index is -2.25. The van der Waals surface area contributed by atoms with Gasteiger partial charge in [-0.2, -0.15) is 0 Å². The van der Waals surface area contributed by atoms with E-state index in [1.165, 1.54) is 5.57 Å². The minimum Gasteiger partial charge on any atom is -0.495 e. The van der Waals surface area contributed by atoms with Gasteiger partial charge in [-0.15, -0.1) is 0 Å². The number of ether oxygens (including phenoxy) is 2. The van der Waals surface area contributed by atoms with Gasteiger partial charge in [0, 0.05) is 25.8 Å². The second-order valence-corrected chi connectivity index (χ2v) is 18.7. The average Bonchev–Trinajstić information content (AvgIpc) is 3.36. The second kappa shape index (κ2) is 11.9. The minimum absolute atomic E-state index is 0.0277. The summed E-state index contributed by atoms with van der Waals surface area (Å²) in [6.07, 6.45) is 8.07. The molecule has 7 nitrogen and oxygen atoms in total. The number of fused-ring (bicyclic) bond motifs is 5. The van der Waals surface area contributed by atoms with Crippen LogP contribution in [0.2, 0.25) is 23.2 Å². The maximum atomic E-state index is 14.0. The third kappa shape index (κ3) is 6.76. The lowest BCUT2D eigenvalue weighted by molar-refractivity contribution is -0.120. The summed E-state index contributed by atoms with van der Waals surface area (Å²) in [7, 11) is 1.12. The fourth-order valence-corrected chi connectivity index (χ4v) is 7.14. The molecule has 3 heterocycles. The maximum absolute atomic E-state index is 14.0. The van der Waals surface area contributed by atoms with Crippen LogP contribution in [0.25, 0.3) is 0 Å². The van der Waals surface area contributed by atoms with Crippen molar-refractivity contribution < 1.29 is 23.5 Å². The first kappa shape index (κ1) is 31.8. The van der Waals surface area contributed by atoms with Gasteiger partial charge in [0.1, 0.15) is 22.5 Å². The largest absolute Gasteiger partial charge is 0.495 e. The number of methoxy groups -OCH3 is 1. The van der Waals surface area contributed by atoms with Crippen LogP contribution in [0, 0.1) is 5.92 Å². The van der Waals surface area contributed by atoms with Crippen molar-refractivity contribution >= 4 is 37.2 Å². The number of anilines is 1. The topological polar surface area (TPSA) is 72.9 Å². The average molecular weight is 603 g/mol. The van der Waals surface area contributed by atoms with Gasteiger partial charge in [0.05, 0.1) is 37.1 Å². The van der Waals surface area contributed by atoms with Crippen molar-refractivity contribution in [1.29, 1.82) is 0 Å². The van der Waals surface area contributed by atoms with E-state index in [4.69, 9.17) is 30.3 Å². The van der Waals surface area contributed by atoms with Crippen molar-refractivity contribution in [1.82, 2.24) is 0 Å². The zero-order valence-corrected chi connectivity index (χ0v) is 28.1. The molecule has 1 aromatic rings. The predicted molar refractivity (Wildman–Crippen MR) is 169 cm³/mol. The molecule has 1 amide bonds. The first-order valence-electron chi connectivity index (χ1n) is 14.6. The van der Waals surface area contributed by atoms with Gasteiger partial charge in [0.15, 0.2) is 8.32 Å². The van der Waals surface area contributed by atoms with E-state index < -0.39 is 20.0 Å². The van der Waals surface area contributed by atoms with Crippen molar-refractivity contribution in [2.45, 2.75) is 109 Å². The van der Waals surface area contributed by atoms with Gasteiger partial charge in [-0.1, -0.05) is 68.3 Å². The van der Waals surface area contributed by atoms with Crippen molar-refractivity contribution in [3.8, 4) is 5.75 Å². The Morgan fingerprint density at radius 2 is 1.93 bits per heavy atom. The number of epoxide rings is 1. The molecule has 0 unspecified atom stereocenters. The highest BCUT2D eigenvalue weighted by molar-refractivity contribution is 6.74. The van der Waals surface area contributed by atoms with Gasteiger partial charge < -0.3 is 23.6 Å². The molecular weight excluding hydrogens is 556 g/mol. The molecule has 0 N–H and O–H groups in total. The molecule has 5 atom stereocenters. The molecule has 0 aromatic heterocycles. The summed E-state index contributed by atoms with van der Waals surface area (Å²) in [5.74, 6) is 0.541. The van der Waals surface area contributed by atoms with Crippen LogP contribution in [0.4, 0.5) is 5.69 Å². The first-order valence-corrected chi connectivity index (χ1v) is 17.9. The number of nitrogens with zero attached hydrogens (tertiary/aromatic N) is 2. The monoisotopic (exact) mass is 602 g/mol. The number of hydrogen-bond donors (Lipinski definition) is 0. The van der Waals surface area contributed by atoms with E-state index >= 15 is 0 Å². The van der Waals surface area contributed by atoms with Crippen LogP contribution in [0.1, 0.15) is 66.4 Å². The molecule has 4 rings (SSSR count). The first-order chi connectivity index (χ1) is 19.1. The molecule has 1 aromatic carbocycles. The van der Waals surface area contributed by atoms with Gasteiger partial charge in [-0.3, -0.25) is 4.79 Å². The predicted octanol–water partition coefficient (Wildman–Crippen LogP) is 7.48. The Morgan fingerprint density at radius 1 is 1.22 bits per heavy atom. The van der Waals surface area contributed by atoms with Crippen LogP contribution in [0.15, 0.2) is 41.1 Å². The molecule has 41 heavy (non-hydrogen) atoms. The third-order valence-corrected chi connectivity index (χ3v) is 14.2. The Balaban J connectivity index is 1.74. The van der Waals surface area contributed by atoms with Crippen LogP contribution < -0.4 is 9.64 Å². The maximum Gasteiger partial charge on any atom is 0.229 e. The van der Waals surface area contributed by atoms with Crippen LogP contribution in [0.5, 0.6) is 5.75 Å². The Hall–Kier alpha value is -2.13. The summed E-state index contributed by atoms with van der Waals surface area (Å²) in [5, 5.41) is 4.77. The number of benzene rings is 1. The summed E-state index contributed by atoms with van der Waals surface area (Å²) in [4.78, 5) is 21.5. The second-order valence-electron chi connectivity index (χ2n) is 13.6. The lowest BCUT2D eigenvalue weighted by Crippen LogP contribution is -2.50. The number of allylic oxidation sites excluding steroid dienone is 4. The molecule has 9 heteroatoms. The number of amides is 1. The van der Waals surface area contributed by atoms with Crippen molar-refractivity contribution in [2.75, 3.05) is 19.1 Å². The van der Waals surface area contributed by atoms with E-state index in [-0.39, 0.29) is 35.5 Å². The third-order valence-electron chi connectivity index (χ3n) is 9.34. The number of halogens is 1. The highest BCUT2D eigenvalue weighted by Gasteiger charge is 2.63.